The van der Waals surface area contributed by atoms with Gasteiger partial charge in [-0.2, -0.15) is 0 Å². The van der Waals surface area contributed by atoms with Gasteiger partial charge in [-0.15, -0.1) is 0 Å². The Morgan fingerprint density at radius 3 is 2.85 bits per heavy atom. The van der Waals surface area contributed by atoms with E-state index in [1.54, 1.807) is 13.2 Å². The molecular weight excluding hydrogens is 342 g/mol. The summed E-state index contributed by atoms with van der Waals surface area (Å²) in [5.74, 6) is 1.87. The number of rotatable bonds is 8. The smallest absolute Gasteiger partial charge is 0.244 e. The third-order valence-corrected chi connectivity index (χ3v) is 3.95. The lowest BCUT2D eigenvalue weighted by Gasteiger charge is -2.10. The third-order valence-electron chi connectivity index (χ3n) is 3.95. The predicted molar refractivity (Wildman–Crippen MR) is 106 cm³/mol. The molecule has 0 spiro atoms. The van der Waals surface area contributed by atoms with E-state index in [9.17, 15) is 4.79 Å². The minimum Gasteiger partial charge on any atom is -0.493 e. The minimum atomic E-state index is -0.194. The molecule has 0 aliphatic carbocycles. The van der Waals surface area contributed by atoms with Crippen molar-refractivity contribution in [2.75, 3.05) is 13.7 Å². The Bertz CT molecular complexity index is 914. The first-order valence-corrected chi connectivity index (χ1v) is 8.90. The van der Waals surface area contributed by atoms with E-state index in [0.29, 0.717) is 24.7 Å². The summed E-state index contributed by atoms with van der Waals surface area (Å²) >= 11 is 0. The number of carbonyl (C=O) groups excluding carboxylic acids is 1. The van der Waals surface area contributed by atoms with Crippen molar-refractivity contribution in [2.45, 2.75) is 19.9 Å². The van der Waals surface area contributed by atoms with Crippen LogP contribution in [0.1, 0.15) is 24.7 Å². The lowest BCUT2D eigenvalue weighted by atomic mass is 10.2. The number of methoxy groups -OCH3 is 1. The molecule has 27 heavy (non-hydrogen) atoms. The van der Waals surface area contributed by atoms with Crippen LogP contribution in [-0.2, 0) is 11.3 Å². The molecule has 0 fully saturated rings. The van der Waals surface area contributed by atoms with Crippen LogP contribution in [0.15, 0.2) is 48.5 Å². The molecule has 0 saturated carbocycles. The maximum absolute atomic E-state index is 12.1. The molecule has 140 valence electrons. The van der Waals surface area contributed by atoms with Gasteiger partial charge in [-0.1, -0.05) is 25.1 Å². The van der Waals surface area contributed by atoms with E-state index < -0.39 is 0 Å². The van der Waals surface area contributed by atoms with Gasteiger partial charge in [-0.3, -0.25) is 4.79 Å². The summed E-state index contributed by atoms with van der Waals surface area (Å²) in [6, 6.07) is 13.3. The molecule has 6 heteroatoms. The average Bonchev–Trinajstić information content (AvgIpc) is 3.12. The van der Waals surface area contributed by atoms with Crippen LogP contribution in [-0.4, -0.2) is 29.6 Å². The number of para-hydroxylation sites is 2. The zero-order valence-corrected chi connectivity index (χ0v) is 15.5. The quantitative estimate of drug-likeness (QED) is 0.597. The van der Waals surface area contributed by atoms with E-state index in [-0.39, 0.29) is 5.91 Å². The predicted octanol–water partition coefficient (Wildman–Crippen LogP) is 3.69. The summed E-state index contributed by atoms with van der Waals surface area (Å²) in [7, 11) is 1.60. The Balaban J connectivity index is 1.59. The fourth-order valence-electron chi connectivity index (χ4n) is 2.61. The zero-order chi connectivity index (χ0) is 19.1. The van der Waals surface area contributed by atoms with E-state index in [1.807, 2.05) is 49.4 Å². The summed E-state index contributed by atoms with van der Waals surface area (Å²) in [5, 5.41) is 2.82. The van der Waals surface area contributed by atoms with Crippen molar-refractivity contribution in [1.29, 1.82) is 0 Å². The number of hydrogen-bond acceptors (Lipinski definition) is 4. The van der Waals surface area contributed by atoms with Crippen molar-refractivity contribution in [1.82, 2.24) is 15.3 Å². The highest BCUT2D eigenvalue weighted by Gasteiger charge is 2.05. The van der Waals surface area contributed by atoms with Gasteiger partial charge >= 0.3 is 0 Å². The van der Waals surface area contributed by atoms with Gasteiger partial charge in [0.2, 0.25) is 5.91 Å². The number of fused-ring (bicyclic) bond motifs is 1. The molecule has 0 aliphatic rings. The van der Waals surface area contributed by atoms with Crippen molar-refractivity contribution < 1.29 is 14.3 Å². The zero-order valence-electron chi connectivity index (χ0n) is 15.5. The van der Waals surface area contributed by atoms with Crippen molar-refractivity contribution in [3.8, 4) is 11.5 Å². The number of hydrogen-bond donors (Lipinski definition) is 2. The van der Waals surface area contributed by atoms with E-state index in [2.05, 4.69) is 15.3 Å². The van der Waals surface area contributed by atoms with Crippen LogP contribution < -0.4 is 14.8 Å². The Morgan fingerprint density at radius 2 is 2.07 bits per heavy atom. The number of nitrogens with one attached hydrogen (secondary N) is 2. The Hall–Kier alpha value is -3.28. The molecule has 0 saturated heterocycles. The first-order chi connectivity index (χ1) is 13.2. The normalized spacial score (nSPS) is 11.0. The molecule has 3 aromatic rings. The molecular formula is C21H23N3O3. The standard InChI is InChI=1S/C21H23N3O3/c1-3-12-27-18-10-8-15(13-19(18)26-2)9-11-21(25)22-14-20-23-16-6-4-5-7-17(16)24-20/h4-11,13H,3,12,14H2,1-2H3,(H,22,25)(H,23,24). The topological polar surface area (TPSA) is 76.2 Å². The fraction of sp³-hybridized carbons (Fsp3) is 0.238. The van der Waals surface area contributed by atoms with E-state index in [4.69, 9.17) is 9.47 Å². The van der Waals surface area contributed by atoms with Gasteiger partial charge in [-0.25, -0.2) is 4.98 Å². The molecule has 6 nitrogen and oxygen atoms in total. The largest absolute Gasteiger partial charge is 0.493 e. The highest BCUT2D eigenvalue weighted by atomic mass is 16.5. The second-order valence-electron chi connectivity index (χ2n) is 6.01. The van der Waals surface area contributed by atoms with Crippen molar-refractivity contribution >= 4 is 23.0 Å². The van der Waals surface area contributed by atoms with Crippen LogP contribution in [0.4, 0.5) is 0 Å². The number of ether oxygens (including phenoxy) is 2. The fourth-order valence-corrected chi connectivity index (χ4v) is 2.61. The van der Waals surface area contributed by atoms with Crippen molar-refractivity contribution in [3.05, 3.63) is 59.9 Å². The molecule has 1 amide bonds. The molecule has 0 unspecified atom stereocenters. The maximum atomic E-state index is 12.1. The maximum Gasteiger partial charge on any atom is 0.244 e. The molecule has 3 rings (SSSR count). The Morgan fingerprint density at radius 1 is 1.22 bits per heavy atom. The van der Waals surface area contributed by atoms with Crippen LogP contribution in [0, 0.1) is 0 Å². The molecule has 2 aromatic carbocycles. The van der Waals surface area contributed by atoms with Gasteiger partial charge in [0.1, 0.15) is 5.82 Å². The summed E-state index contributed by atoms with van der Waals surface area (Å²) in [4.78, 5) is 19.7. The van der Waals surface area contributed by atoms with Gasteiger partial charge in [0.15, 0.2) is 11.5 Å². The van der Waals surface area contributed by atoms with Crippen LogP contribution in [0.5, 0.6) is 11.5 Å². The van der Waals surface area contributed by atoms with Crippen LogP contribution in [0.3, 0.4) is 0 Å². The number of imidazole rings is 1. The summed E-state index contributed by atoms with van der Waals surface area (Å²) < 4.78 is 11.0. The average molecular weight is 365 g/mol. The minimum absolute atomic E-state index is 0.194. The van der Waals surface area contributed by atoms with Gasteiger partial charge in [0.05, 0.1) is 31.3 Å². The lowest BCUT2D eigenvalue weighted by Crippen LogP contribution is -2.20. The number of amides is 1. The van der Waals surface area contributed by atoms with Crippen LogP contribution in [0.2, 0.25) is 0 Å². The van der Waals surface area contributed by atoms with Gasteiger partial charge in [0, 0.05) is 6.08 Å². The molecule has 0 aliphatic heterocycles. The van der Waals surface area contributed by atoms with Crippen molar-refractivity contribution in [3.63, 3.8) is 0 Å². The summed E-state index contributed by atoms with van der Waals surface area (Å²) in [5.41, 5.74) is 2.69. The monoisotopic (exact) mass is 365 g/mol. The first kappa shape index (κ1) is 18.5. The Labute approximate surface area is 158 Å². The van der Waals surface area contributed by atoms with Gasteiger partial charge in [0.25, 0.3) is 0 Å². The van der Waals surface area contributed by atoms with Gasteiger partial charge in [-0.05, 0) is 42.3 Å². The molecule has 1 aromatic heterocycles. The summed E-state index contributed by atoms with van der Waals surface area (Å²) in [6.07, 6.45) is 4.15. The second kappa shape index (κ2) is 8.89. The number of carbonyl (C=O) groups is 1. The number of aromatic amines is 1. The summed E-state index contributed by atoms with van der Waals surface area (Å²) in [6.45, 7) is 3.02. The Kier molecular flexibility index (Phi) is 6.10. The molecule has 2 N–H and O–H groups in total. The van der Waals surface area contributed by atoms with E-state index >= 15 is 0 Å². The van der Waals surface area contributed by atoms with Crippen LogP contribution >= 0.6 is 0 Å². The van der Waals surface area contributed by atoms with E-state index in [1.165, 1.54) is 6.08 Å². The number of benzene rings is 2. The highest BCUT2D eigenvalue weighted by molar-refractivity contribution is 5.91. The first-order valence-electron chi connectivity index (χ1n) is 8.90. The highest BCUT2D eigenvalue weighted by Crippen LogP contribution is 2.28. The van der Waals surface area contributed by atoms with Gasteiger partial charge < -0.3 is 19.8 Å². The second-order valence-corrected chi connectivity index (χ2v) is 6.01. The number of nitrogens with zero attached hydrogens (tertiary/aromatic N) is 1. The SMILES string of the molecule is CCCOc1ccc(C=CC(=O)NCc2nc3ccccc3[nH]2)cc1OC. The molecule has 0 bridgehead atoms. The number of H-pyrrole nitrogens is 1. The molecule has 1 heterocycles. The molecule has 0 radical (unpaired) electrons. The van der Waals surface area contributed by atoms with E-state index in [0.717, 1.165) is 28.8 Å². The lowest BCUT2D eigenvalue weighted by molar-refractivity contribution is -0.116. The van der Waals surface area contributed by atoms with Crippen molar-refractivity contribution in [2.24, 2.45) is 0 Å². The van der Waals surface area contributed by atoms with Crippen LogP contribution in [0.25, 0.3) is 17.1 Å². The number of aromatic nitrogens is 2. The third kappa shape index (κ3) is 4.88. The molecule has 0 atom stereocenters.